The summed E-state index contributed by atoms with van der Waals surface area (Å²) in [5, 5.41) is 22.9. The van der Waals surface area contributed by atoms with E-state index in [-0.39, 0.29) is 52.1 Å². The molecule has 0 saturated heterocycles. The second-order valence-corrected chi connectivity index (χ2v) is 15.5. The number of amides is 1. The molecule has 2 heterocycles. The number of aliphatic carboxylic acids is 2. The molecule has 4 aromatic carbocycles. The zero-order valence-corrected chi connectivity index (χ0v) is 35.6. The molecule has 0 aliphatic rings. The topological polar surface area (TPSA) is 169 Å². The van der Waals surface area contributed by atoms with Crippen LogP contribution in [0.25, 0.3) is 32.8 Å². The maximum Gasteiger partial charge on any atom is 0.306 e. The highest BCUT2D eigenvalue weighted by atomic mass is 16.4. The van der Waals surface area contributed by atoms with Gasteiger partial charge in [0.15, 0.2) is 0 Å². The molecular weight excluding hydrogens is 767 g/mol. The van der Waals surface area contributed by atoms with Crippen molar-refractivity contribution in [1.82, 2.24) is 15.3 Å². The van der Waals surface area contributed by atoms with Crippen LogP contribution in [0, 0.1) is 30.6 Å². The fourth-order valence-electron chi connectivity index (χ4n) is 8.05. The van der Waals surface area contributed by atoms with Crippen molar-refractivity contribution in [1.29, 1.82) is 0 Å². The van der Waals surface area contributed by atoms with Crippen molar-refractivity contribution >= 4 is 50.7 Å². The van der Waals surface area contributed by atoms with Crippen LogP contribution in [-0.4, -0.2) is 38.0 Å². The van der Waals surface area contributed by atoms with Gasteiger partial charge in [-0.05, 0) is 104 Å². The largest absolute Gasteiger partial charge is 0.481 e. The molecule has 0 bridgehead atoms. The summed E-state index contributed by atoms with van der Waals surface area (Å²) in [5.41, 5.74) is 4.21. The maximum absolute atomic E-state index is 13.4. The number of H-pyrrole nitrogens is 2. The fraction of sp³-hybridized carbons (Fsp3) is 0.353. The van der Waals surface area contributed by atoms with Crippen LogP contribution in [-0.2, 0) is 20.9 Å². The number of terminal acetylenes is 1. The molecule has 6 rings (SSSR count). The Morgan fingerprint density at radius 2 is 1.08 bits per heavy atom. The van der Waals surface area contributed by atoms with Gasteiger partial charge in [0.1, 0.15) is 12.4 Å². The van der Waals surface area contributed by atoms with Gasteiger partial charge >= 0.3 is 11.9 Å². The minimum Gasteiger partial charge on any atom is -0.481 e. The number of carboxylic acids is 2. The van der Waals surface area contributed by atoms with Gasteiger partial charge in [-0.1, -0.05) is 107 Å². The van der Waals surface area contributed by atoms with Gasteiger partial charge < -0.3 is 25.5 Å². The average Bonchev–Trinajstić information content (AvgIpc) is 3.28. The van der Waals surface area contributed by atoms with Crippen molar-refractivity contribution in [2.75, 3.05) is 0 Å². The number of nitrogens with one attached hydrogen (secondary N) is 3. The average molecular weight is 827 g/mol. The highest BCUT2D eigenvalue weighted by Crippen LogP contribution is 2.31. The van der Waals surface area contributed by atoms with Crippen LogP contribution in [0.4, 0.5) is 0 Å². The van der Waals surface area contributed by atoms with Crippen molar-refractivity contribution < 1.29 is 26.0 Å². The molecule has 0 radical (unpaired) electrons. The van der Waals surface area contributed by atoms with Gasteiger partial charge in [0.05, 0.1) is 11.8 Å². The van der Waals surface area contributed by atoms with Crippen molar-refractivity contribution in [3.63, 3.8) is 0 Å². The van der Waals surface area contributed by atoms with E-state index in [9.17, 15) is 29.1 Å². The lowest BCUT2D eigenvalue weighted by atomic mass is 9.83. The summed E-state index contributed by atoms with van der Waals surface area (Å²) in [6, 6.07) is 32.5. The van der Waals surface area contributed by atoms with E-state index < -0.39 is 17.9 Å². The summed E-state index contributed by atoms with van der Waals surface area (Å²) in [7, 11) is 0. The Kier molecular flexibility index (Phi) is 17.5. The number of carbonyl (C=O) groups excluding carboxylic acids is 1. The molecule has 10 nitrogen and oxygen atoms in total. The van der Waals surface area contributed by atoms with Gasteiger partial charge in [-0.15, -0.1) is 12.8 Å². The number of carbonyl (C=O) groups is 3. The van der Waals surface area contributed by atoms with E-state index in [1.807, 2.05) is 68.4 Å². The molecule has 5 N–H and O–H groups in total. The molecular formula is C51H59N3O7. The Labute approximate surface area is 359 Å². The minimum absolute atomic E-state index is 0.134. The molecule has 10 heteroatoms. The van der Waals surface area contributed by atoms with Gasteiger partial charge in [-0.3, -0.25) is 24.0 Å². The Balaban J connectivity index is 0.000000371. The normalized spacial score (nSPS) is 13.5. The fourth-order valence-corrected chi connectivity index (χ4v) is 8.05. The number of carboxylic acid groups (broad SMARTS) is 2. The number of aromatic nitrogens is 2. The first-order chi connectivity index (χ1) is 29.9. The molecule has 0 fully saturated rings. The summed E-state index contributed by atoms with van der Waals surface area (Å²) >= 11 is 0. The Morgan fingerprint density at radius 1 is 0.623 bits per heavy atom. The minimum atomic E-state index is -0.826. The number of aromatic amines is 2. The lowest BCUT2D eigenvalue weighted by Crippen LogP contribution is -2.31. The van der Waals surface area contributed by atoms with Crippen LogP contribution in [0.2, 0.25) is 0 Å². The second-order valence-electron chi connectivity index (χ2n) is 15.5. The summed E-state index contributed by atoms with van der Waals surface area (Å²) in [6.45, 7) is 8.29. The van der Waals surface area contributed by atoms with Gasteiger partial charge in [0.2, 0.25) is 16.8 Å². The van der Waals surface area contributed by atoms with E-state index >= 15 is 0 Å². The molecule has 320 valence electrons. The second kappa shape index (κ2) is 23.4. The zero-order chi connectivity index (χ0) is 45.2. The first kappa shape index (κ1) is 45.6. The first-order valence-electron chi connectivity index (χ1n) is 21.7. The highest BCUT2D eigenvalue weighted by Gasteiger charge is 2.26. The number of hydrogen-bond acceptors (Lipinski definition) is 5. The van der Waals surface area contributed by atoms with Crippen molar-refractivity contribution in [3.8, 4) is 12.8 Å². The van der Waals surface area contributed by atoms with E-state index in [0.717, 1.165) is 30.4 Å². The Hall–Kier alpha value is -6.47. The number of benzene rings is 4. The predicted octanol–water partition coefficient (Wildman–Crippen LogP) is 10.2. The lowest BCUT2D eigenvalue weighted by molar-refractivity contribution is -0.143. The Morgan fingerprint density at radius 3 is 1.59 bits per heavy atom. The van der Waals surface area contributed by atoms with Crippen LogP contribution in [0.15, 0.2) is 113 Å². The number of pyridine rings is 2. The van der Waals surface area contributed by atoms with E-state index in [4.69, 9.17) is 6.48 Å². The third kappa shape index (κ3) is 12.3. The third-order valence-corrected chi connectivity index (χ3v) is 11.8. The number of hydrogen-bond donors (Lipinski definition) is 5. The molecule has 6 aromatic rings. The summed E-state index contributed by atoms with van der Waals surface area (Å²) in [6.07, 6.45) is 11.1. The van der Waals surface area contributed by atoms with Crippen molar-refractivity contribution in [3.05, 3.63) is 140 Å². The van der Waals surface area contributed by atoms with E-state index in [2.05, 4.69) is 47.7 Å². The summed E-state index contributed by atoms with van der Waals surface area (Å²) in [4.78, 5) is 68.9. The van der Waals surface area contributed by atoms with Crippen LogP contribution in [0.5, 0.6) is 0 Å². The van der Waals surface area contributed by atoms with Crippen LogP contribution < -0.4 is 16.2 Å². The smallest absolute Gasteiger partial charge is 0.306 e. The van der Waals surface area contributed by atoms with Crippen LogP contribution in [0.3, 0.4) is 0 Å². The molecule has 5 unspecified atom stereocenters. The van der Waals surface area contributed by atoms with Crippen molar-refractivity contribution in [2.45, 2.75) is 97.4 Å². The predicted molar refractivity (Wildman–Crippen MR) is 246 cm³/mol. The molecule has 0 saturated carbocycles. The van der Waals surface area contributed by atoms with Crippen LogP contribution >= 0.6 is 0 Å². The van der Waals surface area contributed by atoms with E-state index in [1.54, 1.807) is 36.4 Å². The van der Waals surface area contributed by atoms with E-state index in [0.29, 0.717) is 59.8 Å². The van der Waals surface area contributed by atoms with Gasteiger partial charge in [-0.25, -0.2) is 0 Å². The molecule has 5 atom stereocenters. The quantitative estimate of drug-likeness (QED) is 0.0424. The molecule has 1 amide bonds. The van der Waals surface area contributed by atoms with Gasteiger partial charge in [-0.2, -0.15) is 0 Å². The maximum atomic E-state index is 13.4. The zero-order valence-electron chi connectivity index (χ0n) is 36.6. The molecule has 0 aliphatic heterocycles. The lowest BCUT2D eigenvalue weighted by Gasteiger charge is -2.22. The third-order valence-electron chi connectivity index (χ3n) is 11.8. The van der Waals surface area contributed by atoms with Crippen molar-refractivity contribution in [2.24, 2.45) is 17.8 Å². The number of rotatable bonds is 18. The number of para-hydroxylation sites is 1. The number of fused-ring (bicyclic) bond motifs is 3. The Bertz CT molecular complexity index is 2570. The molecule has 61 heavy (non-hydrogen) atoms. The van der Waals surface area contributed by atoms with Crippen LogP contribution in [0.1, 0.15) is 109 Å². The summed E-state index contributed by atoms with van der Waals surface area (Å²) in [5.74, 6) is -2.18. The van der Waals surface area contributed by atoms with E-state index in [1.165, 1.54) is 12.0 Å². The van der Waals surface area contributed by atoms with Gasteiger partial charge in [0.25, 0.3) is 0 Å². The molecule has 0 aliphatic carbocycles. The molecule has 2 aromatic heterocycles. The van der Waals surface area contributed by atoms with Gasteiger partial charge in [0, 0.05) is 34.3 Å². The monoisotopic (exact) mass is 826 g/mol. The standard InChI is InChI=1S/C35H37N3O5.C14H20O2.C2H2/c1-3-22(15-16-25(35(42)43)19-23(4-2)24-10-6-5-7-11-24)34(41)36-20-21-14-17-29-27(18-21)33(40)31-30(38-29)32(39)26-12-8-9-13-28(26)37-31;1-3-11(10-12(4-2)14(15)16)13-8-6-5-7-9-13;1-2/h5-14,17-18,22-23,25H,3-4,15-16,19-20H2,1-2H3,(H,36,41)(H,37,39)(H,38,40)(H,42,43);5-9,11-12H,3-4,10H2,1-2H3,(H,15,16);1-2H/i;;1D. The molecule has 0 spiro atoms. The first-order valence-corrected chi connectivity index (χ1v) is 21.2. The summed E-state index contributed by atoms with van der Waals surface area (Å²) < 4.78 is 5.74. The highest BCUT2D eigenvalue weighted by molar-refractivity contribution is 5.96. The SMILES string of the molecule is CCC(CC(CC)c1ccccc1)C(=O)O.CCC(CCC(CC(CC)c1ccccc1)C(=O)O)C(=O)NCc1ccc2[nH]c3c(=O)c4ccccc4[nH]c3c(=O)c2c1.[2H]C#C.